The lowest BCUT2D eigenvalue weighted by atomic mass is 10.0. The Kier molecular flexibility index (Phi) is 4.84. The van der Waals surface area contributed by atoms with E-state index in [0.29, 0.717) is 6.61 Å². The second-order valence-corrected chi connectivity index (χ2v) is 3.42. The third kappa shape index (κ3) is 2.93. The zero-order valence-electron chi connectivity index (χ0n) is 8.62. The minimum absolute atomic E-state index is 0.523. The predicted molar refractivity (Wildman–Crippen MR) is 60.8 cm³/mol. The summed E-state index contributed by atoms with van der Waals surface area (Å²) >= 11 is 3.77. The summed E-state index contributed by atoms with van der Waals surface area (Å²) in [4.78, 5) is 0. The summed E-state index contributed by atoms with van der Waals surface area (Å²) in [6, 6.07) is 6.07. The Morgan fingerprint density at radius 3 is 2.64 bits per heavy atom. The smallest absolute Gasteiger partial charge is 0.119 e. The predicted octanol–water partition coefficient (Wildman–Crippen LogP) is 3.01. The highest BCUT2D eigenvalue weighted by atomic mass is 32.1. The highest BCUT2D eigenvalue weighted by molar-refractivity contribution is 7.75. The van der Waals surface area contributed by atoms with Gasteiger partial charge in [-0.05, 0) is 42.6 Å². The van der Waals surface area contributed by atoms with Crippen molar-refractivity contribution in [2.45, 2.75) is 26.4 Å². The number of hydrogen-bond donors (Lipinski definition) is 1. The normalized spacial score (nSPS) is 10.2. The molecule has 0 atom stereocenters. The zero-order valence-corrected chi connectivity index (χ0v) is 9.51. The van der Waals surface area contributed by atoms with Crippen LogP contribution in [0.3, 0.4) is 0 Å². The first-order chi connectivity index (χ1) is 6.81. The molecule has 3 heteroatoms. The lowest BCUT2D eigenvalue weighted by molar-refractivity contribution is 0.366. The summed E-state index contributed by atoms with van der Waals surface area (Å²) in [6.45, 7) is 2.69. The topological polar surface area (TPSA) is 18.5 Å². The maximum atomic E-state index is 5.15. The molecule has 0 spiro atoms. The molecule has 0 aromatic heterocycles. The summed E-state index contributed by atoms with van der Waals surface area (Å²) in [7, 11) is 1.67. The van der Waals surface area contributed by atoms with Crippen molar-refractivity contribution in [2.24, 2.45) is 0 Å². The second-order valence-electron chi connectivity index (χ2n) is 3.16. The van der Waals surface area contributed by atoms with Gasteiger partial charge < -0.3 is 8.92 Å². The van der Waals surface area contributed by atoms with Crippen LogP contribution in [0.5, 0.6) is 5.75 Å². The van der Waals surface area contributed by atoms with Crippen molar-refractivity contribution in [1.82, 2.24) is 0 Å². The average Bonchev–Trinajstić information content (AvgIpc) is 2.21. The summed E-state index contributed by atoms with van der Waals surface area (Å²) in [5, 5.41) is 0. The van der Waals surface area contributed by atoms with E-state index in [1.165, 1.54) is 5.56 Å². The van der Waals surface area contributed by atoms with Crippen LogP contribution in [0.15, 0.2) is 18.2 Å². The largest absolute Gasteiger partial charge is 0.497 e. The van der Waals surface area contributed by atoms with Crippen LogP contribution in [-0.2, 0) is 17.2 Å². The van der Waals surface area contributed by atoms with Crippen LogP contribution >= 0.6 is 12.9 Å². The number of benzene rings is 1. The van der Waals surface area contributed by atoms with Crippen molar-refractivity contribution >= 4 is 12.9 Å². The number of rotatable bonds is 5. The van der Waals surface area contributed by atoms with E-state index in [9.17, 15) is 0 Å². The van der Waals surface area contributed by atoms with Crippen molar-refractivity contribution in [1.29, 1.82) is 0 Å². The van der Waals surface area contributed by atoms with E-state index < -0.39 is 0 Å². The Bertz CT molecular complexity index is 287. The maximum absolute atomic E-state index is 5.15. The van der Waals surface area contributed by atoms with Gasteiger partial charge in [0.1, 0.15) is 5.75 Å². The lowest BCUT2D eigenvalue weighted by Gasteiger charge is -2.09. The molecule has 0 bridgehead atoms. The average molecular weight is 212 g/mol. The van der Waals surface area contributed by atoms with E-state index >= 15 is 0 Å². The Labute approximate surface area is 90.8 Å². The minimum atomic E-state index is 0.523. The molecule has 1 rings (SSSR count). The fourth-order valence-corrected chi connectivity index (χ4v) is 1.59. The van der Waals surface area contributed by atoms with Crippen molar-refractivity contribution in [3.05, 3.63) is 29.3 Å². The van der Waals surface area contributed by atoms with E-state index in [0.717, 1.165) is 24.2 Å². The fourth-order valence-electron chi connectivity index (χ4n) is 1.45. The van der Waals surface area contributed by atoms with Gasteiger partial charge in [0.05, 0.1) is 13.7 Å². The molecule has 78 valence electrons. The van der Waals surface area contributed by atoms with Gasteiger partial charge in [0.2, 0.25) is 0 Å². The molecule has 0 aliphatic carbocycles. The summed E-state index contributed by atoms with van der Waals surface area (Å²) in [6.07, 6.45) is 2.20. The third-order valence-electron chi connectivity index (χ3n) is 2.15. The monoisotopic (exact) mass is 212 g/mol. The molecule has 0 aliphatic heterocycles. The van der Waals surface area contributed by atoms with Gasteiger partial charge >= 0.3 is 0 Å². The van der Waals surface area contributed by atoms with Gasteiger partial charge in [0, 0.05) is 0 Å². The fraction of sp³-hybridized carbons (Fsp3) is 0.455. The standard InChI is InChI=1S/C11H16O2S/c1-3-4-9-5-6-11(12-2)7-10(9)8-13-14/h5-7,14H,3-4,8H2,1-2H3. The Morgan fingerprint density at radius 1 is 1.29 bits per heavy atom. The SMILES string of the molecule is CCCc1ccc(OC)cc1COS. The number of ether oxygens (including phenoxy) is 1. The molecule has 0 unspecified atom stereocenters. The van der Waals surface area contributed by atoms with Crippen LogP contribution < -0.4 is 4.74 Å². The molecule has 0 heterocycles. The van der Waals surface area contributed by atoms with E-state index in [2.05, 4.69) is 25.9 Å². The van der Waals surface area contributed by atoms with Crippen LogP contribution in [0.25, 0.3) is 0 Å². The quantitative estimate of drug-likeness (QED) is 0.597. The van der Waals surface area contributed by atoms with Gasteiger partial charge in [0.15, 0.2) is 0 Å². The molecular formula is C11H16O2S. The van der Waals surface area contributed by atoms with Gasteiger partial charge in [-0.1, -0.05) is 19.4 Å². The van der Waals surface area contributed by atoms with E-state index in [1.54, 1.807) is 7.11 Å². The first-order valence-electron chi connectivity index (χ1n) is 4.74. The molecule has 1 aromatic rings. The summed E-state index contributed by atoms with van der Waals surface area (Å²) in [5.74, 6) is 0.866. The third-order valence-corrected chi connectivity index (χ3v) is 2.28. The van der Waals surface area contributed by atoms with Crippen molar-refractivity contribution in [3.8, 4) is 5.75 Å². The zero-order chi connectivity index (χ0) is 10.4. The summed E-state index contributed by atoms with van der Waals surface area (Å²) < 4.78 is 10.0. The molecule has 0 radical (unpaired) electrons. The van der Waals surface area contributed by atoms with E-state index in [1.807, 2.05) is 12.1 Å². The Hall–Kier alpha value is -0.670. The second kappa shape index (κ2) is 5.94. The number of hydrogen-bond acceptors (Lipinski definition) is 3. The molecular weight excluding hydrogens is 196 g/mol. The molecule has 14 heavy (non-hydrogen) atoms. The van der Waals surface area contributed by atoms with Crippen LogP contribution in [0, 0.1) is 0 Å². The number of aryl methyl sites for hydroxylation is 1. The van der Waals surface area contributed by atoms with Crippen molar-refractivity contribution < 1.29 is 8.92 Å². The van der Waals surface area contributed by atoms with Gasteiger partial charge in [-0.2, -0.15) is 0 Å². The Balaban J connectivity index is 2.91. The van der Waals surface area contributed by atoms with Crippen LogP contribution in [0.2, 0.25) is 0 Å². The van der Waals surface area contributed by atoms with Crippen LogP contribution in [-0.4, -0.2) is 7.11 Å². The van der Waals surface area contributed by atoms with Gasteiger partial charge in [-0.3, -0.25) is 0 Å². The molecule has 0 N–H and O–H groups in total. The molecule has 0 saturated carbocycles. The summed E-state index contributed by atoms with van der Waals surface area (Å²) in [5.41, 5.74) is 2.46. The number of thiol groups is 1. The molecule has 1 aromatic carbocycles. The van der Waals surface area contributed by atoms with Gasteiger partial charge in [-0.15, -0.1) is 0 Å². The van der Waals surface area contributed by atoms with Crippen molar-refractivity contribution in [2.75, 3.05) is 7.11 Å². The van der Waals surface area contributed by atoms with Crippen LogP contribution in [0.4, 0.5) is 0 Å². The molecule has 0 saturated heterocycles. The first kappa shape index (κ1) is 11.4. The Morgan fingerprint density at radius 2 is 2.07 bits per heavy atom. The molecule has 0 amide bonds. The maximum Gasteiger partial charge on any atom is 0.119 e. The van der Waals surface area contributed by atoms with Crippen LogP contribution in [0.1, 0.15) is 24.5 Å². The highest BCUT2D eigenvalue weighted by Crippen LogP contribution is 2.20. The highest BCUT2D eigenvalue weighted by Gasteiger charge is 2.03. The van der Waals surface area contributed by atoms with Gasteiger partial charge in [-0.25, -0.2) is 0 Å². The molecule has 0 fully saturated rings. The van der Waals surface area contributed by atoms with E-state index in [4.69, 9.17) is 8.92 Å². The molecule has 0 aliphatic rings. The number of methoxy groups -OCH3 is 1. The first-order valence-corrected chi connectivity index (χ1v) is 5.10. The van der Waals surface area contributed by atoms with Crippen molar-refractivity contribution in [3.63, 3.8) is 0 Å². The van der Waals surface area contributed by atoms with E-state index in [-0.39, 0.29) is 0 Å². The van der Waals surface area contributed by atoms with Gasteiger partial charge in [0.25, 0.3) is 0 Å². The minimum Gasteiger partial charge on any atom is -0.497 e. The lowest BCUT2D eigenvalue weighted by Crippen LogP contribution is -1.95. The molecule has 2 nitrogen and oxygen atoms in total.